The molecule has 0 amide bonds. The van der Waals surface area contributed by atoms with Crippen molar-refractivity contribution in [2.45, 2.75) is 19.3 Å². The number of aryl methyl sites for hydroxylation is 1. The molecular formula is C25H23Br2NO3. The van der Waals surface area contributed by atoms with Crippen LogP contribution in [0.3, 0.4) is 0 Å². The van der Waals surface area contributed by atoms with Gasteiger partial charge in [-0.1, -0.05) is 28.1 Å². The molecule has 1 aliphatic heterocycles. The Morgan fingerprint density at radius 3 is 2.13 bits per heavy atom. The quantitative estimate of drug-likeness (QED) is 0.339. The van der Waals surface area contributed by atoms with Gasteiger partial charge < -0.3 is 14.4 Å². The summed E-state index contributed by atoms with van der Waals surface area (Å²) < 4.78 is 13.3. The zero-order valence-electron chi connectivity index (χ0n) is 18.0. The van der Waals surface area contributed by atoms with Gasteiger partial charge in [0.1, 0.15) is 11.5 Å². The van der Waals surface area contributed by atoms with Crippen LogP contribution in [0.4, 0.5) is 5.69 Å². The molecule has 0 aliphatic carbocycles. The number of carbonyl (C=O) groups excluding carboxylic acids is 1. The molecule has 0 N–H and O–H groups in total. The molecule has 1 unspecified atom stereocenters. The van der Waals surface area contributed by atoms with Gasteiger partial charge in [0.05, 0.1) is 18.4 Å². The van der Waals surface area contributed by atoms with Gasteiger partial charge in [-0.2, -0.15) is 0 Å². The van der Waals surface area contributed by atoms with E-state index in [1.165, 1.54) is 7.11 Å². The summed E-state index contributed by atoms with van der Waals surface area (Å²) in [6, 6.07) is 16.0. The number of nitrogens with zero attached hydrogens (tertiary/aromatic N) is 1. The van der Waals surface area contributed by atoms with Crippen molar-refractivity contribution in [3.8, 4) is 11.5 Å². The fourth-order valence-corrected chi connectivity index (χ4v) is 5.16. The highest BCUT2D eigenvalue weighted by molar-refractivity contribution is 9.10. The first kappa shape index (κ1) is 21.9. The van der Waals surface area contributed by atoms with Crippen LogP contribution >= 0.6 is 31.9 Å². The van der Waals surface area contributed by atoms with Crippen LogP contribution in [0, 0.1) is 6.92 Å². The Balaban J connectivity index is 1.99. The number of fused-ring (bicyclic) bond motifs is 2. The summed E-state index contributed by atoms with van der Waals surface area (Å²) in [5.74, 6) is 1.31. The largest absolute Gasteiger partial charge is 0.465 e. The van der Waals surface area contributed by atoms with Crippen molar-refractivity contribution < 1.29 is 14.3 Å². The van der Waals surface area contributed by atoms with Crippen LogP contribution in [0.25, 0.3) is 0 Å². The van der Waals surface area contributed by atoms with E-state index in [1.54, 1.807) is 0 Å². The van der Waals surface area contributed by atoms with Crippen molar-refractivity contribution in [2.75, 3.05) is 26.1 Å². The molecule has 3 aromatic rings. The molecule has 6 heteroatoms. The molecule has 0 bridgehead atoms. The first-order valence-electron chi connectivity index (χ1n) is 9.85. The third-order valence-corrected chi connectivity index (χ3v) is 7.46. The van der Waals surface area contributed by atoms with Crippen molar-refractivity contribution in [2.24, 2.45) is 0 Å². The van der Waals surface area contributed by atoms with Gasteiger partial charge in [0.25, 0.3) is 0 Å². The van der Waals surface area contributed by atoms with Crippen LogP contribution in [0.15, 0.2) is 57.5 Å². The molecule has 1 atom stereocenters. The number of carbonyl (C=O) groups is 1. The number of halogens is 2. The molecule has 0 fully saturated rings. The normalized spacial score (nSPS) is 16.7. The SMILES string of the molecule is COC(=O)c1ccc(C2(C)c3cc(Br)c(C)cc3Oc3cc(N(C)C)c(Br)cc32)cc1. The fourth-order valence-electron chi connectivity index (χ4n) is 4.12. The van der Waals surface area contributed by atoms with Gasteiger partial charge in [0, 0.05) is 45.6 Å². The maximum atomic E-state index is 11.9. The molecule has 4 rings (SSSR count). The van der Waals surface area contributed by atoms with E-state index in [9.17, 15) is 4.79 Å². The van der Waals surface area contributed by atoms with Gasteiger partial charge >= 0.3 is 5.97 Å². The number of methoxy groups -OCH3 is 1. The van der Waals surface area contributed by atoms with Crippen LogP contribution in [0.2, 0.25) is 0 Å². The second-order valence-corrected chi connectivity index (χ2v) is 9.80. The number of benzene rings is 3. The minimum Gasteiger partial charge on any atom is -0.465 e. The van der Waals surface area contributed by atoms with Crippen LogP contribution in [0.5, 0.6) is 11.5 Å². The summed E-state index contributed by atoms with van der Waals surface area (Å²) in [4.78, 5) is 14.0. The molecule has 0 saturated carbocycles. The predicted octanol–water partition coefficient (Wildman–Crippen LogP) is 6.83. The van der Waals surface area contributed by atoms with Crippen molar-refractivity contribution in [1.82, 2.24) is 0 Å². The lowest BCUT2D eigenvalue weighted by Gasteiger charge is -2.39. The van der Waals surface area contributed by atoms with Crippen molar-refractivity contribution >= 4 is 43.5 Å². The molecule has 4 nitrogen and oxygen atoms in total. The highest BCUT2D eigenvalue weighted by Crippen LogP contribution is 2.54. The van der Waals surface area contributed by atoms with Crippen molar-refractivity contribution in [3.05, 3.63) is 85.3 Å². The average molecular weight is 545 g/mol. The number of rotatable bonds is 3. The summed E-state index contributed by atoms with van der Waals surface area (Å²) >= 11 is 7.43. The van der Waals surface area contributed by atoms with Crippen LogP contribution in [-0.2, 0) is 10.2 Å². The van der Waals surface area contributed by atoms with Crippen LogP contribution in [-0.4, -0.2) is 27.2 Å². The maximum absolute atomic E-state index is 11.9. The Kier molecular flexibility index (Phi) is 5.64. The Hall–Kier alpha value is -2.31. The predicted molar refractivity (Wildman–Crippen MR) is 131 cm³/mol. The van der Waals surface area contributed by atoms with Crippen molar-refractivity contribution in [1.29, 1.82) is 0 Å². The Labute approximate surface area is 199 Å². The smallest absolute Gasteiger partial charge is 0.337 e. The summed E-state index contributed by atoms with van der Waals surface area (Å²) in [6.07, 6.45) is 0. The van der Waals surface area contributed by atoms with Crippen LogP contribution in [0.1, 0.15) is 39.5 Å². The third kappa shape index (κ3) is 3.56. The average Bonchev–Trinajstić information content (AvgIpc) is 2.75. The van der Waals surface area contributed by atoms with E-state index in [1.807, 2.05) is 38.4 Å². The number of hydrogen-bond donors (Lipinski definition) is 0. The molecule has 1 heterocycles. The van der Waals surface area contributed by atoms with Gasteiger partial charge in [-0.05, 0) is 71.2 Å². The lowest BCUT2D eigenvalue weighted by Crippen LogP contribution is -2.30. The van der Waals surface area contributed by atoms with Crippen LogP contribution < -0.4 is 9.64 Å². The molecular weight excluding hydrogens is 522 g/mol. The molecule has 0 radical (unpaired) electrons. The van der Waals surface area contributed by atoms with E-state index in [0.29, 0.717) is 5.56 Å². The Morgan fingerprint density at radius 2 is 1.55 bits per heavy atom. The van der Waals surface area contributed by atoms with E-state index in [4.69, 9.17) is 9.47 Å². The van der Waals surface area contributed by atoms with Gasteiger partial charge in [0.15, 0.2) is 0 Å². The third-order valence-electron chi connectivity index (χ3n) is 5.97. The standard InChI is InChI=1S/C25H23Br2NO3/c1-14-10-22-17(11-19(14)26)25(2,16-8-6-15(7-9-16)24(29)30-5)18-12-20(27)21(28(3)4)13-23(18)31-22/h6-13H,1-5H3. The molecule has 3 aromatic carbocycles. The highest BCUT2D eigenvalue weighted by atomic mass is 79.9. The van der Waals surface area contributed by atoms with E-state index in [0.717, 1.165) is 48.4 Å². The number of ether oxygens (including phenoxy) is 2. The summed E-state index contributed by atoms with van der Waals surface area (Å²) in [6.45, 7) is 4.25. The lowest BCUT2D eigenvalue weighted by atomic mass is 9.69. The second kappa shape index (κ2) is 7.99. The first-order valence-corrected chi connectivity index (χ1v) is 11.4. The molecule has 160 valence electrons. The maximum Gasteiger partial charge on any atom is 0.337 e. The molecule has 0 aromatic heterocycles. The number of hydrogen-bond acceptors (Lipinski definition) is 4. The minimum atomic E-state index is -0.485. The fraction of sp³-hybridized carbons (Fsp3) is 0.240. The number of esters is 1. The minimum absolute atomic E-state index is 0.346. The van der Waals surface area contributed by atoms with Gasteiger partial charge in [-0.3, -0.25) is 0 Å². The van der Waals surface area contributed by atoms with Gasteiger partial charge in [0.2, 0.25) is 0 Å². The topological polar surface area (TPSA) is 38.8 Å². The highest BCUT2D eigenvalue weighted by Gasteiger charge is 2.41. The van der Waals surface area contributed by atoms with Crippen molar-refractivity contribution in [3.63, 3.8) is 0 Å². The Bertz CT molecular complexity index is 1190. The monoisotopic (exact) mass is 543 g/mol. The summed E-state index contributed by atoms with van der Waals surface area (Å²) in [5, 5.41) is 0. The van der Waals surface area contributed by atoms with E-state index < -0.39 is 5.41 Å². The van der Waals surface area contributed by atoms with E-state index >= 15 is 0 Å². The number of anilines is 1. The van der Waals surface area contributed by atoms with E-state index in [-0.39, 0.29) is 5.97 Å². The van der Waals surface area contributed by atoms with Gasteiger partial charge in [-0.25, -0.2) is 4.79 Å². The molecule has 31 heavy (non-hydrogen) atoms. The molecule has 0 saturated heterocycles. The Morgan fingerprint density at radius 1 is 0.968 bits per heavy atom. The molecule has 0 spiro atoms. The zero-order chi connectivity index (χ0) is 22.5. The molecule has 1 aliphatic rings. The zero-order valence-corrected chi connectivity index (χ0v) is 21.2. The summed E-state index contributed by atoms with van der Waals surface area (Å²) in [5.41, 5.74) is 5.37. The lowest BCUT2D eigenvalue weighted by molar-refractivity contribution is 0.0600. The van der Waals surface area contributed by atoms with E-state index in [2.05, 4.69) is 74.9 Å². The summed E-state index contributed by atoms with van der Waals surface area (Å²) in [7, 11) is 5.41. The second-order valence-electron chi connectivity index (χ2n) is 8.09. The first-order chi connectivity index (χ1) is 14.7. The van der Waals surface area contributed by atoms with Gasteiger partial charge in [-0.15, -0.1) is 0 Å².